The second-order valence-electron chi connectivity index (χ2n) is 5.14. The standard InChI is InChI=1S/C15H23N3O2/c1-10(9-16)4-7-15(20)18-14-8-13(17-12(3)19)6-5-11(14)2/h5-6,8,10H,4,7,9,16H2,1-3H3,(H,17,19)(H,18,20). The van der Waals surface area contributed by atoms with Gasteiger partial charge >= 0.3 is 0 Å². The van der Waals surface area contributed by atoms with Crippen molar-refractivity contribution in [2.45, 2.75) is 33.6 Å². The molecule has 1 aromatic carbocycles. The van der Waals surface area contributed by atoms with Gasteiger partial charge in [0.2, 0.25) is 11.8 Å². The minimum atomic E-state index is -0.136. The minimum absolute atomic E-state index is 0.0339. The lowest BCUT2D eigenvalue weighted by atomic mass is 10.1. The molecule has 110 valence electrons. The summed E-state index contributed by atoms with van der Waals surface area (Å²) in [6.45, 7) is 5.97. The molecule has 0 aromatic heterocycles. The van der Waals surface area contributed by atoms with E-state index in [1.54, 1.807) is 6.07 Å². The number of hydrogen-bond donors (Lipinski definition) is 3. The molecule has 0 aliphatic rings. The Labute approximate surface area is 119 Å². The van der Waals surface area contributed by atoms with E-state index in [0.29, 0.717) is 24.6 Å². The molecule has 1 aromatic rings. The first kappa shape index (κ1) is 16.2. The zero-order chi connectivity index (χ0) is 15.1. The van der Waals surface area contributed by atoms with Crippen LogP contribution in [0.1, 0.15) is 32.3 Å². The van der Waals surface area contributed by atoms with Crippen molar-refractivity contribution in [3.63, 3.8) is 0 Å². The summed E-state index contributed by atoms with van der Waals surface area (Å²) in [6.07, 6.45) is 1.22. The molecule has 5 heteroatoms. The molecule has 0 saturated heterocycles. The summed E-state index contributed by atoms with van der Waals surface area (Å²) in [5.41, 5.74) is 7.89. The smallest absolute Gasteiger partial charge is 0.224 e. The number of carbonyl (C=O) groups is 2. The molecular weight excluding hydrogens is 254 g/mol. The molecule has 4 N–H and O–H groups in total. The van der Waals surface area contributed by atoms with Crippen molar-refractivity contribution < 1.29 is 9.59 Å². The lowest BCUT2D eigenvalue weighted by Crippen LogP contribution is -2.17. The van der Waals surface area contributed by atoms with Crippen molar-refractivity contribution in [2.75, 3.05) is 17.2 Å². The van der Waals surface area contributed by atoms with E-state index in [1.165, 1.54) is 6.92 Å². The van der Waals surface area contributed by atoms with Gasteiger partial charge in [0, 0.05) is 24.7 Å². The number of nitrogens with one attached hydrogen (secondary N) is 2. The van der Waals surface area contributed by atoms with Gasteiger partial charge in [0.25, 0.3) is 0 Å². The third-order valence-corrected chi connectivity index (χ3v) is 3.10. The molecule has 0 bridgehead atoms. The molecule has 0 radical (unpaired) electrons. The largest absolute Gasteiger partial charge is 0.330 e. The molecule has 5 nitrogen and oxygen atoms in total. The minimum Gasteiger partial charge on any atom is -0.330 e. The van der Waals surface area contributed by atoms with Gasteiger partial charge in [-0.1, -0.05) is 13.0 Å². The van der Waals surface area contributed by atoms with Crippen LogP contribution in [0.5, 0.6) is 0 Å². The summed E-state index contributed by atoms with van der Waals surface area (Å²) in [5, 5.41) is 5.57. The lowest BCUT2D eigenvalue weighted by molar-refractivity contribution is -0.116. The molecule has 0 saturated carbocycles. The van der Waals surface area contributed by atoms with Gasteiger partial charge in [-0.15, -0.1) is 0 Å². The van der Waals surface area contributed by atoms with E-state index in [0.717, 1.165) is 17.7 Å². The zero-order valence-electron chi connectivity index (χ0n) is 12.3. The van der Waals surface area contributed by atoms with Crippen LogP contribution in [0.15, 0.2) is 18.2 Å². The molecule has 0 spiro atoms. The van der Waals surface area contributed by atoms with Crippen molar-refractivity contribution >= 4 is 23.2 Å². The Balaban J connectivity index is 2.66. The molecule has 1 rings (SSSR count). The average Bonchev–Trinajstić information content (AvgIpc) is 2.39. The van der Waals surface area contributed by atoms with Gasteiger partial charge in [0.1, 0.15) is 0 Å². The van der Waals surface area contributed by atoms with Crippen molar-refractivity contribution in [1.82, 2.24) is 0 Å². The normalized spacial score (nSPS) is 11.8. The van der Waals surface area contributed by atoms with Crippen molar-refractivity contribution in [1.29, 1.82) is 0 Å². The SMILES string of the molecule is CC(=O)Nc1ccc(C)c(NC(=O)CCC(C)CN)c1. The van der Waals surface area contributed by atoms with E-state index in [9.17, 15) is 9.59 Å². The number of anilines is 2. The van der Waals surface area contributed by atoms with Gasteiger partial charge in [-0.3, -0.25) is 9.59 Å². The van der Waals surface area contributed by atoms with Gasteiger partial charge in [-0.2, -0.15) is 0 Å². The number of rotatable bonds is 6. The molecule has 0 heterocycles. The highest BCUT2D eigenvalue weighted by atomic mass is 16.2. The highest BCUT2D eigenvalue weighted by molar-refractivity contribution is 5.94. The first-order valence-corrected chi connectivity index (χ1v) is 6.80. The van der Waals surface area contributed by atoms with Crippen LogP contribution in [-0.4, -0.2) is 18.4 Å². The van der Waals surface area contributed by atoms with Gasteiger partial charge < -0.3 is 16.4 Å². The van der Waals surface area contributed by atoms with Crippen LogP contribution in [0.3, 0.4) is 0 Å². The van der Waals surface area contributed by atoms with Gasteiger partial charge in [0.15, 0.2) is 0 Å². The lowest BCUT2D eigenvalue weighted by Gasteiger charge is -2.12. The second-order valence-corrected chi connectivity index (χ2v) is 5.14. The molecule has 1 atom stereocenters. The first-order valence-electron chi connectivity index (χ1n) is 6.80. The predicted octanol–water partition coefficient (Wildman–Crippen LogP) is 2.27. The fourth-order valence-corrected chi connectivity index (χ4v) is 1.75. The topological polar surface area (TPSA) is 84.2 Å². The van der Waals surface area contributed by atoms with Crippen molar-refractivity contribution in [2.24, 2.45) is 11.7 Å². The Bertz CT molecular complexity index is 486. The maximum absolute atomic E-state index is 11.9. The van der Waals surface area contributed by atoms with Crippen molar-refractivity contribution in [3.8, 4) is 0 Å². The van der Waals surface area contributed by atoms with Gasteiger partial charge in [-0.25, -0.2) is 0 Å². The van der Waals surface area contributed by atoms with E-state index >= 15 is 0 Å². The Morgan fingerprint density at radius 2 is 2.00 bits per heavy atom. The molecule has 2 amide bonds. The highest BCUT2D eigenvalue weighted by Gasteiger charge is 2.08. The molecule has 20 heavy (non-hydrogen) atoms. The quantitative estimate of drug-likeness (QED) is 0.745. The van der Waals surface area contributed by atoms with E-state index in [1.807, 2.05) is 26.0 Å². The van der Waals surface area contributed by atoms with Crippen molar-refractivity contribution in [3.05, 3.63) is 23.8 Å². The van der Waals surface area contributed by atoms with Crippen LogP contribution in [0, 0.1) is 12.8 Å². The summed E-state index contributed by atoms with van der Waals surface area (Å²) in [4.78, 5) is 22.9. The molecule has 0 aliphatic carbocycles. The summed E-state index contributed by atoms with van der Waals surface area (Å²) in [7, 11) is 0. The third kappa shape index (κ3) is 5.40. The average molecular weight is 277 g/mol. The van der Waals surface area contributed by atoms with Crippen LogP contribution >= 0.6 is 0 Å². The van der Waals surface area contributed by atoms with Gasteiger partial charge in [0.05, 0.1) is 0 Å². The third-order valence-electron chi connectivity index (χ3n) is 3.10. The predicted molar refractivity (Wildman–Crippen MR) is 81.6 cm³/mol. The fourth-order valence-electron chi connectivity index (χ4n) is 1.75. The molecule has 1 unspecified atom stereocenters. The second kappa shape index (κ2) is 7.65. The van der Waals surface area contributed by atoms with Crippen LogP contribution in [0.2, 0.25) is 0 Å². The summed E-state index contributed by atoms with van der Waals surface area (Å²) < 4.78 is 0. The summed E-state index contributed by atoms with van der Waals surface area (Å²) in [5.74, 6) is 0.170. The van der Waals surface area contributed by atoms with E-state index < -0.39 is 0 Å². The number of nitrogens with two attached hydrogens (primary N) is 1. The van der Waals surface area contributed by atoms with Gasteiger partial charge in [-0.05, 0) is 43.5 Å². The number of aryl methyl sites for hydroxylation is 1. The number of carbonyl (C=O) groups excluding carboxylic acids is 2. The number of hydrogen-bond acceptors (Lipinski definition) is 3. The van der Waals surface area contributed by atoms with Crippen LogP contribution in [-0.2, 0) is 9.59 Å². The zero-order valence-corrected chi connectivity index (χ0v) is 12.3. The van der Waals surface area contributed by atoms with Crippen LogP contribution in [0.25, 0.3) is 0 Å². The Morgan fingerprint density at radius 1 is 1.30 bits per heavy atom. The van der Waals surface area contributed by atoms with Crippen LogP contribution < -0.4 is 16.4 Å². The monoisotopic (exact) mass is 277 g/mol. The molecule has 0 aliphatic heterocycles. The summed E-state index contributed by atoms with van der Waals surface area (Å²) >= 11 is 0. The van der Waals surface area contributed by atoms with E-state index in [-0.39, 0.29) is 11.8 Å². The Morgan fingerprint density at radius 3 is 2.60 bits per heavy atom. The molecule has 0 fully saturated rings. The van der Waals surface area contributed by atoms with E-state index in [2.05, 4.69) is 10.6 Å². The van der Waals surface area contributed by atoms with Crippen LogP contribution in [0.4, 0.5) is 11.4 Å². The Kier molecular flexibility index (Phi) is 6.18. The first-order chi connectivity index (χ1) is 9.42. The molecular formula is C15H23N3O2. The number of benzene rings is 1. The maximum atomic E-state index is 11.9. The highest BCUT2D eigenvalue weighted by Crippen LogP contribution is 2.20. The fraction of sp³-hybridized carbons (Fsp3) is 0.467. The maximum Gasteiger partial charge on any atom is 0.224 e. The Hall–Kier alpha value is -1.88. The van der Waals surface area contributed by atoms with E-state index in [4.69, 9.17) is 5.73 Å². The number of amides is 2. The summed E-state index contributed by atoms with van der Waals surface area (Å²) in [6, 6.07) is 5.44.